The van der Waals surface area contributed by atoms with Crippen molar-refractivity contribution in [1.82, 2.24) is 14.8 Å². The van der Waals surface area contributed by atoms with Crippen molar-refractivity contribution >= 4 is 11.8 Å². The topological polar surface area (TPSA) is 82.4 Å². The van der Waals surface area contributed by atoms with Gasteiger partial charge >= 0.3 is 0 Å². The van der Waals surface area contributed by atoms with E-state index in [0.717, 1.165) is 32.4 Å². The van der Waals surface area contributed by atoms with Crippen LogP contribution in [-0.2, 0) is 6.42 Å². The number of hydrogen-bond acceptors (Lipinski definition) is 3. The van der Waals surface area contributed by atoms with Crippen LogP contribution in [0.5, 0.6) is 0 Å². The summed E-state index contributed by atoms with van der Waals surface area (Å²) in [5.74, 6) is -0.126. The molecule has 1 aromatic carbocycles. The molecule has 0 bridgehead atoms. The number of nitrogens with one attached hydrogen (secondary N) is 1. The summed E-state index contributed by atoms with van der Waals surface area (Å²) in [6.07, 6.45) is 4.48. The van der Waals surface area contributed by atoms with Gasteiger partial charge in [-0.1, -0.05) is 30.3 Å². The van der Waals surface area contributed by atoms with Crippen LogP contribution in [0.2, 0.25) is 0 Å². The first-order valence-electron chi connectivity index (χ1n) is 9.20. The standard InChI is InChI=1S/C20H26N4O2/c21-9-13-24(12-8-16-6-2-1-3-7-16)19(25)17-14-18(22-15-17)20(26)23-10-4-5-11-23/h1-3,6-7,14-15,22H,4-5,8-13,21H2. The summed E-state index contributed by atoms with van der Waals surface area (Å²) in [5.41, 5.74) is 7.86. The van der Waals surface area contributed by atoms with Gasteiger partial charge in [0.25, 0.3) is 11.8 Å². The Bertz CT molecular complexity index is 735. The number of likely N-dealkylation sites (tertiary alicyclic amines) is 1. The van der Waals surface area contributed by atoms with Crippen molar-refractivity contribution in [3.8, 4) is 0 Å². The van der Waals surface area contributed by atoms with Crippen molar-refractivity contribution in [1.29, 1.82) is 0 Å². The van der Waals surface area contributed by atoms with Crippen molar-refractivity contribution in [3.63, 3.8) is 0 Å². The SMILES string of the molecule is NCCN(CCc1ccccc1)C(=O)c1c[nH]c(C(=O)N2CCCC2)c1. The molecule has 0 spiro atoms. The Balaban J connectivity index is 1.65. The lowest BCUT2D eigenvalue weighted by atomic mass is 10.1. The van der Waals surface area contributed by atoms with Gasteiger partial charge in [0.2, 0.25) is 0 Å². The van der Waals surface area contributed by atoms with E-state index < -0.39 is 0 Å². The molecule has 2 aromatic rings. The average molecular weight is 354 g/mol. The van der Waals surface area contributed by atoms with Gasteiger partial charge in [0, 0.05) is 38.9 Å². The van der Waals surface area contributed by atoms with Crippen LogP contribution in [0.25, 0.3) is 0 Å². The summed E-state index contributed by atoms with van der Waals surface area (Å²) in [7, 11) is 0. The molecule has 1 saturated heterocycles. The van der Waals surface area contributed by atoms with Crippen molar-refractivity contribution < 1.29 is 9.59 Å². The number of amides is 2. The van der Waals surface area contributed by atoms with Gasteiger partial charge in [-0.15, -0.1) is 0 Å². The predicted molar refractivity (Wildman–Crippen MR) is 101 cm³/mol. The van der Waals surface area contributed by atoms with Crippen LogP contribution in [-0.4, -0.2) is 59.3 Å². The molecule has 0 radical (unpaired) electrons. The maximum Gasteiger partial charge on any atom is 0.270 e. The first kappa shape index (κ1) is 18.2. The predicted octanol–water partition coefficient (Wildman–Crippen LogP) is 1.89. The molecular formula is C20H26N4O2. The molecule has 1 aliphatic rings. The Morgan fingerprint density at radius 3 is 2.54 bits per heavy atom. The highest BCUT2D eigenvalue weighted by Crippen LogP contribution is 2.14. The van der Waals surface area contributed by atoms with E-state index in [0.29, 0.717) is 30.9 Å². The van der Waals surface area contributed by atoms with E-state index in [9.17, 15) is 9.59 Å². The fraction of sp³-hybridized carbons (Fsp3) is 0.400. The lowest BCUT2D eigenvalue weighted by Gasteiger charge is -2.21. The molecule has 0 atom stereocenters. The quantitative estimate of drug-likeness (QED) is 0.797. The fourth-order valence-corrected chi connectivity index (χ4v) is 3.29. The number of aromatic amines is 1. The van der Waals surface area contributed by atoms with E-state index in [4.69, 9.17) is 5.73 Å². The number of nitrogens with zero attached hydrogens (tertiary/aromatic N) is 2. The highest BCUT2D eigenvalue weighted by molar-refractivity contribution is 5.99. The third-order valence-corrected chi connectivity index (χ3v) is 4.75. The summed E-state index contributed by atoms with van der Waals surface area (Å²) >= 11 is 0. The minimum absolute atomic E-state index is 0.0313. The second-order valence-electron chi connectivity index (χ2n) is 6.62. The zero-order valence-corrected chi connectivity index (χ0v) is 15.0. The van der Waals surface area contributed by atoms with E-state index in [-0.39, 0.29) is 11.8 Å². The Morgan fingerprint density at radius 2 is 1.85 bits per heavy atom. The second-order valence-corrected chi connectivity index (χ2v) is 6.62. The number of hydrogen-bond donors (Lipinski definition) is 2. The van der Waals surface area contributed by atoms with Gasteiger partial charge in [0.05, 0.1) is 5.56 Å². The molecule has 6 heteroatoms. The highest BCUT2D eigenvalue weighted by atomic mass is 16.2. The molecule has 26 heavy (non-hydrogen) atoms. The van der Waals surface area contributed by atoms with Crippen molar-refractivity contribution in [2.24, 2.45) is 5.73 Å². The number of rotatable bonds is 7. The Kier molecular flexibility index (Phi) is 6.07. The number of nitrogens with two attached hydrogens (primary N) is 1. The first-order valence-corrected chi connectivity index (χ1v) is 9.20. The van der Waals surface area contributed by atoms with Gasteiger partial charge in [-0.3, -0.25) is 9.59 Å². The summed E-state index contributed by atoms with van der Waals surface area (Å²) in [6, 6.07) is 11.7. The van der Waals surface area contributed by atoms with Crippen LogP contribution >= 0.6 is 0 Å². The van der Waals surface area contributed by atoms with Gasteiger partial charge in [-0.25, -0.2) is 0 Å². The molecule has 3 N–H and O–H groups in total. The maximum absolute atomic E-state index is 12.8. The van der Waals surface area contributed by atoms with Gasteiger partial charge < -0.3 is 20.5 Å². The monoisotopic (exact) mass is 354 g/mol. The van der Waals surface area contributed by atoms with Crippen LogP contribution in [0.15, 0.2) is 42.6 Å². The number of carbonyl (C=O) groups is 2. The van der Waals surface area contributed by atoms with Crippen LogP contribution < -0.4 is 5.73 Å². The Labute approximate surface area is 154 Å². The molecule has 0 saturated carbocycles. The molecule has 0 aliphatic carbocycles. The molecule has 1 aliphatic heterocycles. The summed E-state index contributed by atoms with van der Waals surface area (Å²) in [4.78, 5) is 31.8. The number of carbonyl (C=O) groups excluding carboxylic acids is 2. The van der Waals surface area contributed by atoms with Crippen molar-refractivity contribution in [2.45, 2.75) is 19.3 Å². The lowest BCUT2D eigenvalue weighted by Crippen LogP contribution is -2.36. The van der Waals surface area contributed by atoms with Crippen molar-refractivity contribution in [2.75, 3.05) is 32.7 Å². The Hall–Kier alpha value is -2.60. The molecule has 138 valence electrons. The lowest BCUT2D eigenvalue weighted by molar-refractivity contribution is 0.0762. The van der Waals surface area contributed by atoms with E-state index in [2.05, 4.69) is 4.98 Å². The summed E-state index contributed by atoms with van der Waals surface area (Å²) in [6.45, 7) is 3.08. The van der Waals surface area contributed by atoms with Gasteiger partial charge in [0.15, 0.2) is 0 Å². The van der Waals surface area contributed by atoms with Crippen molar-refractivity contribution in [3.05, 3.63) is 59.4 Å². The molecule has 3 rings (SSSR count). The van der Waals surface area contributed by atoms with E-state index in [1.165, 1.54) is 5.56 Å². The maximum atomic E-state index is 12.8. The highest BCUT2D eigenvalue weighted by Gasteiger charge is 2.23. The molecular weight excluding hydrogens is 328 g/mol. The third kappa shape index (κ3) is 4.32. The molecule has 1 aromatic heterocycles. The second kappa shape index (κ2) is 8.67. The van der Waals surface area contributed by atoms with Crippen LogP contribution in [0.1, 0.15) is 39.3 Å². The number of benzene rings is 1. The number of H-pyrrole nitrogens is 1. The van der Waals surface area contributed by atoms with E-state index >= 15 is 0 Å². The van der Waals surface area contributed by atoms with Crippen LogP contribution in [0, 0.1) is 0 Å². The van der Waals surface area contributed by atoms with Crippen LogP contribution in [0.4, 0.5) is 0 Å². The van der Waals surface area contributed by atoms with Crippen LogP contribution in [0.3, 0.4) is 0 Å². The van der Waals surface area contributed by atoms with Gasteiger partial charge in [-0.05, 0) is 30.9 Å². The largest absolute Gasteiger partial charge is 0.356 e. The molecule has 0 unspecified atom stereocenters. The molecule has 1 fully saturated rings. The third-order valence-electron chi connectivity index (χ3n) is 4.75. The normalized spacial score (nSPS) is 13.8. The Morgan fingerprint density at radius 1 is 1.12 bits per heavy atom. The first-order chi connectivity index (χ1) is 12.7. The van der Waals surface area contributed by atoms with E-state index in [1.807, 2.05) is 35.2 Å². The fourth-order valence-electron chi connectivity index (χ4n) is 3.29. The molecule has 2 heterocycles. The minimum Gasteiger partial charge on any atom is -0.356 e. The zero-order chi connectivity index (χ0) is 18.4. The average Bonchev–Trinajstić information content (AvgIpc) is 3.37. The van der Waals surface area contributed by atoms with E-state index in [1.54, 1.807) is 17.2 Å². The zero-order valence-electron chi connectivity index (χ0n) is 15.0. The van der Waals surface area contributed by atoms with Gasteiger partial charge in [0.1, 0.15) is 5.69 Å². The number of aromatic nitrogens is 1. The summed E-state index contributed by atoms with van der Waals surface area (Å²) in [5, 5.41) is 0. The molecule has 6 nitrogen and oxygen atoms in total. The smallest absolute Gasteiger partial charge is 0.270 e. The minimum atomic E-state index is -0.0943. The molecule has 2 amide bonds. The van der Waals surface area contributed by atoms with Gasteiger partial charge in [-0.2, -0.15) is 0 Å². The summed E-state index contributed by atoms with van der Waals surface area (Å²) < 4.78 is 0.